The maximum Gasteiger partial charge on any atom is 0.295 e. The molecule has 7 heteroatoms. The number of likely N-dealkylation sites (tertiary alicyclic amines) is 1. The predicted molar refractivity (Wildman–Crippen MR) is 132 cm³/mol. The van der Waals surface area contributed by atoms with E-state index in [9.17, 15) is 14.7 Å². The lowest BCUT2D eigenvalue weighted by atomic mass is 9.95. The topological polar surface area (TPSA) is 85.3 Å². The second kappa shape index (κ2) is 11.4. The Balaban J connectivity index is 1.74. The van der Waals surface area contributed by atoms with E-state index >= 15 is 0 Å². The first-order valence-electron chi connectivity index (χ1n) is 12.3. The molecule has 2 aliphatic heterocycles. The summed E-state index contributed by atoms with van der Waals surface area (Å²) in [4.78, 5) is 27.9. The largest absolute Gasteiger partial charge is 0.507 e. The quantitative estimate of drug-likeness (QED) is 0.227. The van der Waals surface area contributed by atoms with E-state index in [-0.39, 0.29) is 24.0 Å². The van der Waals surface area contributed by atoms with Crippen LogP contribution in [-0.4, -0.2) is 54.7 Å². The average Bonchev–Trinajstić information content (AvgIpc) is 3.49. The molecule has 1 N–H and O–H groups in total. The van der Waals surface area contributed by atoms with Crippen molar-refractivity contribution in [1.29, 1.82) is 0 Å². The van der Waals surface area contributed by atoms with Crippen LogP contribution in [0, 0.1) is 0 Å². The number of unbranched alkanes of at least 4 members (excludes halogenated alkanes) is 2. The second-order valence-corrected chi connectivity index (χ2v) is 8.92. The highest BCUT2D eigenvalue weighted by atomic mass is 16.5. The van der Waals surface area contributed by atoms with Crippen molar-refractivity contribution >= 4 is 17.4 Å². The number of methoxy groups -OCH3 is 1. The van der Waals surface area contributed by atoms with E-state index < -0.39 is 17.7 Å². The average molecular weight is 480 g/mol. The number of hydrogen-bond donors (Lipinski definition) is 1. The molecule has 2 unspecified atom stereocenters. The molecule has 0 aliphatic carbocycles. The van der Waals surface area contributed by atoms with Crippen LogP contribution in [0.5, 0.6) is 11.5 Å². The molecule has 0 bridgehead atoms. The number of aliphatic hydroxyl groups excluding tert-OH is 1. The van der Waals surface area contributed by atoms with Crippen molar-refractivity contribution in [3.8, 4) is 11.5 Å². The van der Waals surface area contributed by atoms with Crippen molar-refractivity contribution in [2.45, 2.75) is 51.2 Å². The minimum atomic E-state index is -0.762. The van der Waals surface area contributed by atoms with Crippen LogP contribution in [0.3, 0.4) is 0 Å². The Morgan fingerprint density at radius 3 is 2.60 bits per heavy atom. The summed E-state index contributed by atoms with van der Waals surface area (Å²) in [7, 11) is 1.56. The lowest BCUT2D eigenvalue weighted by molar-refractivity contribution is -0.140. The number of Topliss-reactive ketones (excluding diaryl/α,β-unsaturated/α-hetero) is 1. The molecule has 0 saturated carbocycles. The van der Waals surface area contributed by atoms with Gasteiger partial charge in [-0.25, -0.2) is 0 Å². The van der Waals surface area contributed by atoms with Gasteiger partial charge in [-0.05, 0) is 37.0 Å². The van der Waals surface area contributed by atoms with Crippen molar-refractivity contribution in [2.75, 3.05) is 26.9 Å². The molecule has 2 aromatic carbocycles. The van der Waals surface area contributed by atoms with Gasteiger partial charge < -0.3 is 24.2 Å². The van der Waals surface area contributed by atoms with Crippen LogP contribution >= 0.6 is 0 Å². The van der Waals surface area contributed by atoms with E-state index in [1.807, 2.05) is 12.1 Å². The molecule has 186 valence electrons. The van der Waals surface area contributed by atoms with Gasteiger partial charge >= 0.3 is 0 Å². The summed E-state index contributed by atoms with van der Waals surface area (Å²) in [6.07, 6.45) is 4.72. The number of amides is 1. The normalized spacial score (nSPS) is 21.5. The van der Waals surface area contributed by atoms with E-state index in [0.29, 0.717) is 35.8 Å². The van der Waals surface area contributed by atoms with Gasteiger partial charge in [0.15, 0.2) is 11.5 Å². The summed E-state index contributed by atoms with van der Waals surface area (Å²) in [6, 6.07) is 13.5. The smallest absolute Gasteiger partial charge is 0.295 e. The van der Waals surface area contributed by atoms with Gasteiger partial charge in [0, 0.05) is 18.7 Å². The molecular formula is C28H33NO6. The fourth-order valence-electron chi connectivity index (χ4n) is 4.68. The fraction of sp³-hybridized carbons (Fsp3) is 0.429. The van der Waals surface area contributed by atoms with Crippen molar-refractivity contribution in [1.82, 2.24) is 4.90 Å². The van der Waals surface area contributed by atoms with Crippen LogP contribution in [0.1, 0.15) is 56.2 Å². The maximum absolute atomic E-state index is 13.2. The monoisotopic (exact) mass is 479 g/mol. The van der Waals surface area contributed by atoms with Crippen molar-refractivity contribution in [3.05, 3.63) is 65.2 Å². The van der Waals surface area contributed by atoms with E-state index in [2.05, 4.69) is 6.92 Å². The fourth-order valence-corrected chi connectivity index (χ4v) is 4.68. The Morgan fingerprint density at radius 1 is 1.11 bits per heavy atom. The molecule has 2 heterocycles. The van der Waals surface area contributed by atoms with Crippen LogP contribution in [0.2, 0.25) is 0 Å². The Hall–Kier alpha value is -3.32. The Labute approximate surface area is 206 Å². The third-order valence-electron chi connectivity index (χ3n) is 6.52. The Kier molecular flexibility index (Phi) is 8.08. The summed E-state index contributed by atoms with van der Waals surface area (Å²) in [5, 5.41) is 11.2. The van der Waals surface area contributed by atoms with E-state index in [4.69, 9.17) is 14.2 Å². The lowest BCUT2D eigenvalue weighted by Gasteiger charge is -2.28. The molecule has 35 heavy (non-hydrogen) atoms. The van der Waals surface area contributed by atoms with E-state index in [0.717, 1.165) is 32.1 Å². The number of hydrogen-bond acceptors (Lipinski definition) is 6. The zero-order valence-electron chi connectivity index (χ0n) is 20.4. The molecule has 7 nitrogen and oxygen atoms in total. The molecule has 2 aromatic rings. The van der Waals surface area contributed by atoms with Gasteiger partial charge in [-0.15, -0.1) is 0 Å². The molecular weight excluding hydrogens is 446 g/mol. The van der Waals surface area contributed by atoms with Gasteiger partial charge in [-0.1, -0.05) is 56.2 Å². The van der Waals surface area contributed by atoms with E-state index in [1.165, 1.54) is 4.90 Å². The zero-order chi connectivity index (χ0) is 24.8. The minimum Gasteiger partial charge on any atom is -0.507 e. The number of benzene rings is 2. The molecule has 2 saturated heterocycles. The second-order valence-electron chi connectivity index (χ2n) is 8.92. The van der Waals surface area contributed by atoms with Crippen LogP contribution in [0.15, 0.2) is 54.1 Å². The van der Waals surface area contributed by atoms with Gasteiger partial charge in [0.25, 0.3) is 11.7 Å². The molecule has 4 rings (SSSR count). The van der Waals surface area contributed by atoms with Crippen molar-refractivity contribution in [2.24, 2.45) is 0 Å². The van der Waals surface area contributed by atoms with Gasteiger partial charge in [0.05, 0.1) is 31.4 Å². The highest BCUT2D eigenvalue weighted by Gasteiger charge is 2.47. The van der Waals surface area contributed by atoms with Crippen molar-refractivity contribution < 1.29 is 28.9 Å². The SMILES string of the molecule is CCCCCOc1ccc(C2/C(=C(\O)c3ccccc3)C(=O)C(=O)N2CC2CCCO2)cc1OC. The molecule has 2 aliphatic rings. The Morgan fingerprint density at radius 2 is 1.91 bits per heavy atom. The van der Waals surface area contributed by atoms with Crippen LogP contribution in [0.25, 0.3) is 5.76 Å². The zero-order valence-corrected chi connectivity index (χ0v) is 20.4. The molecule has 2 atom stereocenters. The number of carbonyl (C=O) groups excluding carboxylic acids is 2. The first-order chi connectivity index (χ1) is 17.0. The summed E-state index contributed by atoms with van der Waals surface area (Å²) in [5.41, 5.74) is 1.21. The van der Waals surface area contributed by atoms with Crippen molar-refractivity contribution in [3.63, 3.8) is 0 Å². The first-order valence-corrected chi connectivity index (χ1v) is 12.3. The number of rotatable bonds is 10. The number of carbonyl (C=O) groups is 2. The number of ether oxygens (including phenoxy) is 3. The molecule has 0 aromatic heterocycles. The number of nitrogens with zero attached hydrogens (tertiary/aromatic N) is 1. The van der Waals surface area contributed by atoms with Gasteiger partial charge in [0.1, 0.15) is 5.76 Å². The lowest BCUT2D eigenvalue weighted by Crippen LogP contribution is -2.36. The highest BCUT2D eigenvalue weighted by molar-refractivity contribution is 6.46. The van der Waals surface area contributed by atoms with Gasteiger partial charge in [0.2, 0.25) is 0 Å². The predicted octanol–water partition coefficient (Wildman–Crippen LogP) is 4.86. The molecule has 0 radical (unpaired) electrons. The van der Waals surface area contributed by atoms with Crippen LogP contribution < -0.4 is 9.47 Å². The summed E-state index contributed by atoms with van der Waals surface area (Å²) in [6.45, 7) is 3.63. The minimum absolute atomic E-state index is 0.0675. The highest BCUT2D eigenvalue weighted by Crippen LogP contribution is 2.42. The standard InChI is InChI=1S/C28H33NO6/c1-3-4-8-15-35-22-14-13-20(17-23(22)33-2)25-24(26(30)19-10-6-5-7-11-19)27(31)28(32)29(25)18-21-12-9-16-34-21/h5-7,10-11,13-14,17,21,25,30H,3-4,8-9,12,15-16,18H2,1-2H3/b26-24+. The van der Waals surface area contributed by atoms with Crippen LogP contribution in [0.4, 0.5) is 0 Å². The molecule has 1 amide bonds. The Bertz CT molecular complexity index is 1070. The molecule has 0 spiro atoms. The first kappa shape index (κ1) is 24.8. The van der Waals surface area contributed by atoms with Gasteiger partial charge in [-0.3, -0.25) is 9.59 Å². The van der Waals surface area contributed by atoms with Gasteiger partial charge in [-0.2, -0.15) is 0 Å². The summed E-state index contributed by atoms with van der Waals surface area (Å²) in [5.74, 6) is -0.411. The summed E-state index contributed by atoms with van der Waals surface area (Å²) >= 11 is 0. The number of ketones is 1. The van der Waals surface area contributed by atoms with Crippen LogP contribution in [-0.2, 0) is 14.3 Å². The third kappa shape index (κ3) is 5.35. The van der Waals surface area contributed by atoms with E-state index in [1.54, 1.807) is 43.5 Å². The molecule has 2 fully saturated rings. The summed E-state index contributed by atoms with van der Waals surface area (Å²) < 4.78 is 17.3. The maximum atomic E-state index is 13.2. The third-order valence-corrected chi connectivity index (χ3v) is 6.52. The number of aliphatic hydroxyl groups is 1.